The predicted octanol–water partition coefficient (Wildman–Crippen LogP) is 3.08. The van der Waals surface area contributed by atoms with Gasteiger partial charge in [0.2, 0.25) is 0 Å². The lowest BCUT2D eigenvalue weighted by Crippen LogP contribution is -2.36. The second-order valence-electron chi connectivity index (χ2n) is 5.05. The summed E-state index contributed by atoms with van der Waals surface area (Å²) < 4.78 is 0. The molecule has 0 saturated heterocycles. The van der Waals surface area contributed by atoms with Crippen molar-refractivity contribution in [3.63, 3.8) is 0 Å². The summed E-state index contributed by atoms with van der Waals surface area (Å²) in [6.45, 7) is 9.06. The Morgan fingerprint density at radius 2 is 1.92 bits per heavy atom. The maximum Gasteiger partial charge on any atom is 0.0571 e. The minimum absolute atomic E-state index is 0.0530. The van der Waals surface area contributed by atoms with E-state index in [0.29, 0.717) is 11.8 Å². The fourth-order valence-electron chi connectivity index (χ4n) is 2.74. The van der Waals surface area contributed by atoms with Crippen LogP contribution >= 0.6 is 0 Å². The zero-order valence-electron chi connectivity index (χ0n) is 9.46. The van der Waals surface area contributed by atoms with Crippen LogP contribution < -0.4 is 0 Å². The van der Waals surface area contributed by atoms with E-state index in [1.807, 2.05) is 0 Å². The highest BCUT2D eigenvalue weighted by atomic mass is 16.3. The van der Waals surface area contributed by atoms with Crippen molar-refractivity contribution in [2.45, 2.75) is 53.1 Å². The standard InChI is InChI=1S/C12H24O/c1-5-9(3)11-6-8(2)7-12(13)10(11)4/h8-13H,5-7H2,1-4H3. The number of aliphatic hydroxyl groups is 1. The van der Waals surface area contributed by atoms with Crippen LogP contribution in [0.5, 0.6) is 0 Å². The van der Waals surface area contributed by atoms with E-state index in [-0.39, 0.29) is 6.10 Å². The van der Waals surface area contributed by atoms with Crippen molar-refractivity contribution in [3.8, 4) is 0 Å². The second kappa shape index (κ2) is 4.45. The maximum atomic E-state index is 9.86. The molecule has 0 radical (unpaired) electrons. The molecule has 0 heterocycles. The molecule has 0 spiro atoms. The maximum absolute atomic E-state index is 9.86. The van der Waals surface area contributed by atoms with E-state index in [1.54, 1.807) is 0 Å². The molecule has 5 unspecified atom stereocenters. The van der Waals surface area contributed by atoms with Gasteiger partial charge in [0.05, 0.1) is 6.10 Å². The molecule has 0 aromatic heterocycles. The van der Waals surface area contributed by atoms with Gasteiger partial charge in [0.25, 0.3) is 0 Å². The Morgan fingerprint density at radius 3 is 2.46 bits per heavy atom. The summed E-state index contributed by atoms with van der Waals surface area (Å²) in [6, 6.07) is 0. The normalized spacial score (nSPS) is 43.2. The summed E-state index contributed by atoms with van der Waals surface area (Å²) in [5, 5.41) is 9.86. The Morgan fingerprint density at radius 1 is 1.31 bits per heavy atom. The van der Waals surface area contributed by atoms with E-state index >= 15 is 0 Å². The molecule has 0 amide bonds. The van der Waals surface area contributed by atoms with E-state index in [2.05, 4.69) is 27.7 Å². The minimum atomic E-state index is -0.0530. The van der Waals surface area contributed by atoms with E-state index in [0.717, 1.165) is 18.3 Å². The van der Waals surface area contributed by atoms with Crippen LogP contribution in [0.3, 0.4) is 0 Å². The molecule has 1 heteroatoms. The van der Waals surface area contributed by atoms with Gasteiger partial charge in [-0.2, -0.15) is 0 Å². The fourth-order valence-corrected chi connectivity index (χ4v) is 2.74. The molecule has 0 bridgehead atoms. The summed E-state index contributed by atoms with van der Waals surface area (Å²) in [5.41, 5.74) is 0. The first-order valence-electron chi connectivity index (χ1n) is 5.74. The summed E-state index contributed by atoms with van der Waals surface area (Å²) in [5.74, 6) is 2.73. The molecule has 1 rings (SSSR count). The minimum Gasteiger partial charge on any atom is -0.393 e. The number of hydrogen-bond acceptors (Lipinski definition) is 1. The van der Waals surface area contributed by atoms with Crippen molar-refractivity contribution in [2.24, 2.45) is 23.7 Å². The average molecular weight is 184 g/mol. The Labute approximate surface area is 82.5 Å². The average Bonchev–Trinajstić information content (AvgIpc) is 2.10. The van der Waals surface area contributed by atoms with Crippen molar-refractivity contribution in [1.29, 1.82) is 0 Å². The largest absolute Gasteiger partial charge is 0.393 e. The van der Waals surface area contributed by atoms with E-state index in [9.17, 15) is 5.11 Å². The van der Waals surface area contributed by atoms with Crippen LogP contribution in [0.4, 0.5) is 0 Å². The molecule has 1 nitrogen and oxygen atoms in total. The van der Waals surface area contributed by atoms with Gasteiger partial charge in [-0.25, -0.2) is 0 Å². The smallest absolute Gasteiger partial charge is 0.0571 e. The van der Waals surface area contributed by atoms with Gasteiger partial charge in [0.1, 0.15) is 0 Å². The van der Waals surface area contributed by atoms with Crippen LogP contribution in [-0.2, 0) is 0 Å². The first kappa shape index (κ1) is 11.0. The number of aliphatic hydroxyl groups excluding tert-OH is 1. The van der Waals surface area contributed by atoms with Gasteiger partial charge in [-0.1, -0.05) is 34.1 Å². The quantitative estimate of drug-likeness (QED) is 0.699. The predicted molar refractivity (Wildman–Crippen MR) is 56.5 cm³/mol. The van der Waals surface area contributed by atoms with Gasteiger partial charge < -0.3 is 5.11 Å². The van der Waals surface area contributed by atoms with Gasteiger partial charge in [-0.3, -0.25) is 0 Å². The first-order chi connectivity index (χ1) is 6.06. The molecule has 0 aliphatic heterocycles. The highest BCUT2D eigenvalue weighted by molar-refractivity contribution is 4.84. The Kier molecular flexibility index (Phi) is 3.78. The lowest BCUT2D eigenvalue weighted by Gasteiger charge is -2.39. The van der Waals surface area contributed by atoms with Crippen LogP contribution in [0.25, 0.3) is 0 Å². The van der Waals surface area contributed by atoms with E-state index in [4.69, 9.17) is 0 Å². The van der Waals surface area contributed by atoms with Crippen LogP contribution in [-0.4, -0.2) is 11.2 Å². The van der Waals surface area contributed by atoms with Gasteiger partial charge >= 0.3 is 0 Å². The third-order valence-corrected chi connectivity index (χ3v) is 3.98. The highest BCUT2D eigenvalue weighted by Gasteiger charge is 2.34. The molecule has 1 N–H and O–H groups in total. The molecule has 1 aliphatic carbocycles. The zero-order chi connectivity index (χ0) is 10.0. The van der Waals surface area contributed by atoms with Crippen LogP contribution in [0.1, 0.15) is 47.0 Å². The topological polar surface area (TPSA) is 20.2 Å². The van der Waals surface area contributed by atoms with Gasteiger partial charge in [0, 0.05) is 0 Å². The van der Waals surface area contributed by atoms with E-state index < -0.39 is 0 Å². The summed E-state index contributed by atoms with van der Waals surface area (Å²) in [6.07, 6.45) is 3.51. The number of hydrogen-bond donors (Lipinski definition) is 1. The zero-order valence-corrected chi connectivity index (χ0v) is 9.46. The fraction of sp³-hybridized carbons (Fsp3) is 1.00. The molecule has 78 valence electrons. The lowest BCUT2D eigenvalue weighted by atomic mass is 9.68. The van der Waals surface area contributed by atoms with Gasteiger partial charge in [-0.05, 0) is 36.5 Å². The molecule has 1 fully saturated rings. The third kappa shape index (κ3) is 2.46. The van der Waals surface area contributed by atoms with Crippen LogP contribution in [0.15, 0.2) is 0 Å². The summed E-state index contributed by atoms with van der Waals surface area (Å²) in [4.78, 5) is 0. The third-order valence-electron chi connectivity index (χ3n) is 3.98. The van der Waals surface area contributed by atoms with Crippen molar-refractivity contribution in [1.82, 2.24) is 0 Å². The Hall–Kier alpha value is -0.0400. The lowest BCUT2D eigenvalue weighted by molar-refractivity contribution is 0.000498. The molecule has 5 atom stereocenters. The Bertz CT molecular complexity index is 155. The second-order valence-corrected chi connectivity index (χ2v) is 5.05. The molecular weight excluding hydrogens is 160 g/mol. The molecule has 1 saturated carbocycles. The van der Waals surface area contributed by atoms with E-state index in [1.165, 1.54) is 12.8 Å². The van der Waals surface area contributed by atoms with Crippen LogP contribution in [0.2, 0.25) is 0 Å². The Balaban J connectivity index is 2.60. The van der Waals surface area contributed by atoms with Crippen molar-refractivity contribution < 1.29 is 5.11 Å². The monoisotopic (exact) mass is 184 g/mol. The first-order valence-corrected chi connectivity index (χ1v) is 5.74. The summed E-state index contributed by atoms with van der Waals surface area (Å²) in [7, 11) is 0. The molecule has 1 aliphatic rings. The molecule has 0 aromatic carbocycles. The summed E-state index contributed by atoms with van der Waals surface area (Å²) >= 11 is 0. The van der Waals surface area contributed by atoms with Crippen molar-refractivity contribution in [3.05, 3.63) is 0 Å². The molecule has 0 aromatic rings. The number of rotatable bonds is 2. The van der Waals surface area contributed by atoms with Crippen LogP contribution in [0, 0.1) is 23.7 Å². The van der Waals surface area contributed by atoms with Crippen molar-refractivity contribution >= 4 is 0 Å². The molecular formula is C12H24O. The SMILES string of the molecule is CCC(C)C1CC(C)CC(O)C1C. The molecule has 13 heavy (non-hydrogen) atoms. The van der Waals surface area contributed by atoms with Crippen molar-refractivity contribution in [2.75, 3.05) is 0 Å². The highest BCUT2D eigenvalue weighted by Crippen LogP contribution is 2.38. The van der Waals surface area contributed by atoms with Gasteiger partial charge in [0.15, 0.2) is 0 Å². The van der Waals surface area contributed by atoms with Gasteiger partial charge in [-0.15, -0.1) is 0 Å².